The van der Waals surface area contributed by atoms with Crippen LogP contribution in [0.4, 0.5) is 0 Å². The molecule has 1 fully saturated rings. The first-order valence-electron chi connectivity index (χ1n) is 5.40. The number of carboxylic acids is 1. The molecule has 90 valence electrons. The van der Waals surface area contributed by atoms with Gasteiger partial charge < -0.3 is 14.4 Å². The molecule has 0 bridgehead atoms. The van der Waals surface area contributed by atoms with Gasteiger partial charge >= 0.3 is 5.97 Å². The fourth-order valence-electron chi connectivity index (χ4n) is 1.81. The number of hydrogen-bond acceptors (Lipinski definition) is 3. The van der Waals surface area contributed by atoms with E-state index < -0.39 is 11.9 Å². The number of rotatable bonds is 3. The van der Waals surface area contributed by atoms with Crippen LogP contribution in [0.1, 0.15) is 12.2 Å². The predicted octanol–water partition coefficient (Wildman–Crippen LogP) is 1.23. The molecule has 1 atom stereocenters. The maximum Gasteiger partial charge on any atom is 0.308 e. The Kier molecular flexibility index (Phi) is 3.27. The van der Waals surface area contributed by atoms with Gasteiger partial charge in [0.25, 0.3) is 0 Å². The summed E-state index contributed by atoms with van der Waals surface area (Å²) in [6, 6.07) is 3.48. The van der Waals surface area contributed by atoms with Crippen LogP contribution in [0.15, 0.2) is 28.9 Å². The van der Waals surface area contributed by atoms with Gasteiger partial charge in [0.1, 0.15) is 5.76 Å². The first-order valence-corrected chi connectivity index (χ1v) is 5.40. The zero-order valence-electron chi connectivity index (χ0n) is 9.20. The molecule has 5 heteroatoms. The van der Waals surface area contributed by atoms with Gasteiger partial charge in [0.05, 0.1) is 12.2 Å². The third-order valence-corrected chi connectivity index (χ3v) is 2.78. The molecule has 17 heavy (non-hydrogen) atoms. The Balaban J connectivity index is 1.91. The molecule has 1 aliphatic heterocycles. The zero-order chi connectivity index (χ0) is 12.3. The highest BCUT2D eigenvalue weighted by molar-refractivity contribution is 5.92. The van der Waals surface area contributed by atoms with Gasteiger partial charge in [-0.15, -0.1) is 0 Å². The molecule has 0 unspecified atom stereocenters. The van der Waals surface area contributed by atoms with E-state index in [0.717, 1.165) is 0 Å². The van der Waals surface area contributed by atoms with Crippen LogP contribution >= 0.6 is 0 Å². The number of amides is 1. The molecule has 0 radical (unpaired) electrons. The van der Waals surface area contributed by atoms with Gasteiger partial charge in [-0.25, -0.2) is 0 Å². The molecular formula is C12H13NO4. The van der Waals surface area contributed by atoms with E-state index in [0.29, 0.717) is 18.7 Å². The fourth-order valence-corrected chi connectivity index (χ4v) is 1.81. The van der Waals surface area contributed by atoms with Crippen LogP contribution in [0.5, 0.6) is 0 Å². The van der Waals surface area contributed by atoms with Gasteiger partial charge in [-0.3, -0.25) is 9.59 Å². The van der Waals surface area contributed by atoms with Crippen molar-refractivity contribution in [3.8, 4) is 0 Å². The number of carboxylic acid groups (broad SMARTS) is 1. The van der Waals surface area contributed by atoms with E-state index in [1.54, 1.807) is 18.2 Å². The van der Waals surface area contributed by atoms with E-state index in [-0.39, 0.29) is 12.5 Å². The lowest BCUT2D eigenvalue weighted by Crippen LogP contribution is -2.28. The van der Waals surface area contributed by atoms with Gasteiger partial charge in [-0.2, -0.15) is 0 Å². The van der Waals surface area contributed by atoms with Crippen LogP contribution in [-0.4, -0.2) is 35.0 Å². The summed E-state index contributed by atoms with van der Waals surface area (Å²) in [6.45, 7) is 0.787. The third-order valence-electron chi connectivity index (χ3n) is 2.78. The van der Waals surface area contributed by atoms with E-state index in [1.807, 2.05) is 0 Å². The van der Waals surface area contributed by atoms with Crippen LogP contribution in [0, 0.1) is 5.92 Å². The third kappa shape index (κ3) is 2.75. The molecule has 0 spiro atoms. The maximum atomic E-state index is 11.7. The fraction of sp³-hybridized carbons (Fsp3) is 0.333. The number of nitrogens with zero attached hydrogens (tertiary/aromatic N) is 1. The van der Waals surface area contributed by atoms with Crippen LogP contribution in [-0.2, 0) is 9.59 Å². The molecule has 0 aromatic carbocycles. The largest absolute Gasteiger partial charge is 0.481 e. The molecule has 1 aliphatic rings. The normalized spacial score (nSPS) is 20.0. The second kappa shape index (κ2) is 4.86. The summed E-state index contributed by atoms with van der Waals surface area (Å²) in [5, 5.41) is 8.82. The summed E-state index contributed by atoms with van der Waals surface area (Å²) in [6.07, 6.45) is 5.04. The summed E-state index contributed by atoms with van der Waals surface area (Å²) in [4.78, 5) is 24.0. The van der Waals surface area contributed by atoms with Crippen LogP contribution in [0.25, 0.3) is 6.08 Å². The smallest absolute Gasteiger partial charge is 0.308 e. The molecule has 1 amide bonds. The average molecular weight is 235 g/mol. The van der Waals surface area contributed by atoms with Gasteiger partial charge in [0.15, 0.2) is 0 Å². The molecule has 1 aromatic rings. The van der Waals surface area contributed by atoms with E-state index in [9.17, 15) is 9.59 Å². The second-order valence-electron chi connectivity index (χ2n) is 3.96. The minimum absolute atomic E-state index is 0.176. The summed E-state index contributed by atoms with van der Waals surface area (Å²) in [5.41, 5.74) is 0. The Morgan fingerprint density at radius 1 is 1.53 bits per heavy atom. The Hall–Kier alpha value is -2.04. The summed E-state index contributed by atoms with van der Waals surface area (Å²) < 4.78 is 5.05. The number of aliphatic carboxylic acids is 1. The van der Waals surface area contributed by atoms with Gasteiger partial charge in [-0.05, 0) is 24.6 Å². The molecule has 1 aromatic heterocycles. The van der Waals surface area contributed by atoms with Crippen molar-refractivity contribution < 1.29 is 19.1 Å². The average Bonchev–Trinajstić information content (AvgIpc) is 2.96. The highest BCUT2D eigenvalue weighted by atomic mass is 16.4. The first kappa shape index (κ1) is 11.4. The van der Waals surface area contributed by atoms with Crippen molar-refractivity contribution in [2.24, 2.45) is 5.92 Å². The minimum atomic E-state index is -0.838. The number of hydrogen-bond donors (Lipinski definition) is 1. The Bertz CT molecular complexity index is 435. The first-order chi connectivity index (χ1) is 8.16. The monoisotopic (exact) mass is 235 g/mol. The maximum absolute atomic E-state index is 11.7. The number of furan rings is 1. The topological polar surface area (TPSA) is 70.8 Å². The molecular weight excluding hydrogens is 222 g/mol. The molecule has 0 saturated carbocycles. The number of likely N-dealkylation sites (tertiary alicyclic amines) is 1. The van der Waals surface area contributed by atoms with E-state index in [2.05, 4.69) is 0 Å². The molecule has 0 aliphatic carbocycles. The van der Waals surface area contributed by atoms with E-state index >= 15 is 0 Å². The van der Waals surface area contributed by atoms with Crippen molar-refractivity contribution >= 4 is 18.0 Å². The Morgan fingerprint density at radius 3 is 2.94 bits per heavy atom. The molecule has 1 N–H and O–H groups in total. The lowest BCUT2D eigenvalue weighted by molar-refractivity contribution is -0.141. The standard InChI is InChI=1S/C12H13NO4/c14-11(4-3-10-2-1-7-17-10)13-6-5-9(8-13)12(15)16/h1-4,7,9H,5-6,8H2,(H,15,16)/b4-3+/t9-/m1/s1. The lowest BCUT2D eigenvalue weighted by Gasteiger charge is -2.12. The minimum Gasteiger partial charge on any atom is -0.481 e. The quantitative estimate of drug-likeness (QED) is 0.800. The summed E-state index contributed by atoms with van der Waals surface area (Å²) in [7, 11) is 0. The predicted molar refractivity (Wildman–Crippen MR) is 60.1 cm³/mol. The van der Waals surface area contributed by atoms with Crippen molar-refractivity contribution in [1.29, 1.82) is 0 Å². The van der Waals surface area contributed by atoms with Crippen LogP contribution in [0.2, 0.25) is 0 Å². The van der Waals surface area contributed by atoms with Crippen molar-refractivity contribution in [3.63, 3.8) is 0 Å². The summed E-state index contributed by atoms with van der Waals surface area (Å²) >= 11 is 0. The Morgan fingerprint density at radius 2 is 2.35 bits per heavy atom. The highest BCUT2D eigenvalue weighted by Crippen LogP contribution is 2.16. The highest BCUT2D eigenvalue weighted by Gasteiger charge is 2.29. The Labute approximate surface area is 98.3 Å². The van der Waals surface area contributed by atoms with Gasteiger partial charge in [-0.1, -0.05) is 0 Å². The van der Waals surface area contributed by atoms with E-state index in [4.69, 9.17) is 9.52 Å². The van der Waals surface area contributed by atoms with Gasteiger partial charge in [0.2, 0.25) is 5.91 Å². The molecule has 5 nitrogen and oxygen atoms in total. The molecule has 2 heterocycles. The molecule has 1 saturated heterocycles. The van der Waals surface area contributed by atoms with Gasteiger partial charge in [0, 0.05) is 19.2 Å². The zero-order valence-corrected chi connectivity index (χ0v) is 9.20. The van der Waals surface area contributed by atoms with Crippen LogP contribution in [0.3, 0.4) is 0 Å². The summed E-state index contributed by atoms with van der Waals surface area (Å²) in [5.74, 6) is -0.844. The number of carbonyl (C=O) groups excluding carboxylic acids is 1. The lowest BCUT2D eigenvalue weighted by atomic mass is 10.1. The second-order valence-corrected chi connectivity index (χ2v) is 3.96. The number of carbonyl (C=O) groups is 2. The van der Waals surface area contributed by atoms with E-state index in [1.165, 1.54) is 17.2 Å². The molecule has 2 rings (SSSR count). The van der Waals surface area contributed by atoms with Crippen molar-refractivity contribution in [2.75, 3.05) is 13.1 Å². The van der Waals surface area contributed by atoms with Crippen molar-refractivity contribution in [3.05, 3.63) is 30.2 Å². The van der Waals surface area contributed by atoms with Crippen molar-refractivity contribution in [1.82, 2.24) is 4.90 Å². The van der Waals surface area contributed by atoms with Crippen molar-refractivity contribution in [2.45, 2.75) is 6.42 Å². The van der Waals surface area contributed by atoms with Crippen LogP contribution < -0.4 is 0 Å². The SMILES string of the molecule is O=C(O)[C@@H]1CCN(C(=O)/C=C/c2ccco2)C1.